The molecule has 0 saturated heterocycles. The maximum absolute atomic E-state index is 12.8. The minimum absolute atomic E-state index is 0.00754. The van der Waals surface area contributed by atoms with E-state index in [-0.39, 0.29) is 17.9 Å². The number of rotatable bonds is 10. The molecule has 0 atom stereocenters. The highest BCUT2D eigenvalue weighted by Crippen LogP contribution is 2.24. The van der Waals surface area contributed by atoms with Crippen LogP contribution in [0.15, 0.2) is 103 Å². The van der Waals surface area contributed by atoms with Gasteiger partial charge in [-0.2, -0.15) is 5.26 Å². The van der Waals surface area contributed by atoms with Crippen LogP contribution in [0.1, 0.15) is 16.7 Å². The molecule has 39 heavy (non-hydrogen) atoms. The van der Waals surface area contributed by atoms with Crippen molar-refractivity contribution >= 4 is 35.0 Å². The van der Waals surface area contributed by atoms with Crippen LogP contribution >= 0.6 is 11.6 Å². The lowest BCUT2D eigenvalue weighted by molar-refractivity contribution is -0.384. The molecule has 1 N–H and O–H groups in total. The van der Waals surface area contributed by atoms with Crippen LogP contribution in [0.25, 0.3) is 6.08 Å². The quantitative estimate of drug-likeness (QED) is 0.101. The Morgan fingerprint density at radius 3 is 2.15 bits per heavy atom. The number of hydrogen-bond donors (Lipinski definition) is 1. The molecule has 4 aromatic rings. The molecule has 4 aromatic carbocycles. The Morgan fingerprint density at radius 1 is 0.897 bits per heavy atom. The fourth-order valence-corrected chi connectivity index (χ4v) is 3.62. The molecule has 0 unspecified atom stereocenters. The Balaban J connectivity index is 1.38. The summed E-state index contributed by atoms with van der Waals surface area (Å²) in [5.41, 5.74) is 2.63. The zero-order valence-electron chi connectivity index (χ0n) is 20.5. The minimum Gasteiger partial charge on any atom is -0.489 e. The number of benzene rings is 4. The second-order valence-corrected chi connectivity index (χ2v) is 8.75. The van der Waals surface area contributed by atoms with Crippen LogP contribution in [0.2, 0.25) is 5.02 Å². The molecule has 0 spiro atoms. The molecular formula is C30H22ClN3O5. The summed E-state index contributed by atoms with van der Waals surface area (Å²) in [7, 11) is 0. The zero-order chi connectivity index (χ0) is 27.6. The third kappa shape index (κ3) is 7.68. The third-order valence-electron chi connectivity index (χ3n) is 5.56. The molecule has 8 nitrogen and oxygen atoms in total. The molecule has 0 saturated carbocycles. The highest BCUT2D eigenvalue weighted by atomic mass is 35.5. The molecule has 0 radical (unpaired) electrons. The van der Waals surface area contributed by atoms with Crippen molar-refractivity contribution in [1.82, 2.24) is 0 Å². The van der Waals surface area contributed by atoms with Gasteiger partial charge in [0.1, 0.15) is 36.4 Å². The van der Waals surface area contributed by atoms with Crippen molar-refractivity contribution in [1.29, 1.82) is 5.26 Å². The van der Waals surface area contributed by atoms with Crippen LogP contribution in [0.4, 0.5) is 11.4 Å². The number of ether oxygens (including phenoxy) is 2. The summed E-state index contributed by atoms with van der Waals surface area (Å²) in [6.07, 6.45) is 1.45. The average molecular weight is 540 g/mol. The molecule has 0 aliphatic rings. The summed E-state index contributed by atoms with van der Waals surface area (Å²) in [6, 6.07) is 29.1. The Morgan fingerprint density at radius 2 is 1.51 bits per heavy atom. The first-order valence-corrected chi connectivity index (χ1v) is 12.1. The van der Waals surface area contributed by atoms with E-state index in [1.54, 1.807) is 72.8 Å². The number of halogens is 1. The van der Waals surface area contributed by atoms with Crippen LogP contribution in [-0.4, -0.2) is 10.8 Å². The molecule has 0 heterocycles. The van der Waals surface area contributed by atoms with E-state index in [2.05, 4.69) is 5.32 Å². The molecule has 1 amide bonds. The molecule has 0 bridgehead atoms. The van der Waals surface area contributed by atoms with E-state index in [4.69, 9.17) is 21.1 Å². The Kier molecular flexibility index (Phi) is 8.91. The van der Waals surface area contributed by atoms with Crippen LogP contribution in [0.3, 0.4) is 0 Å². The van der Waals surface area contributed by atoms with Gasteiger partial charge in [0.15, 0.2) is 0 Å². The highest BCUT2D eigenvalue weighted by molar-refractivity contribution is 6.30. The third-order valence-corrected chi connectivity index (χ3v) is 5.81. The van der Waals surface area contributed by atoms with Crippen LogP contribution < -0.4 is 14.8 Å². The largest absolute Gasteiger partial charge is 0.489 e. The number of nitro benzene ring substituents is 1. The topological polar surface area (TPSA) is 114 Å². The molecule has 9 heteroatoms. The SMILES string of the molecule is N#C/C(=C\c1ccccc1OCc1ccc([N+](=O)[O-])cc1)C(=O)Nc1ccc(OCc2ccc(Cl)cc2)cc1. The number of nitriles is 1. The van der Waals surface area contributed by atoms with E-state index in [1.165, 1.54) is 18.2 Å². The lowest BCUT2D eigenvalue weighted by Crippen LogP contribution is -2.13. The monoisotopic (exact) mass is 539 g/mol. The number of non-ortho nitro benzene ring substituents is 1. The molecular weight excluding hydrogens is 518 g/mol. The fourth-order valence-electron chi connectivity index (χ4n) is 3.49. The van der Waals surface area contributed by atoms with Crippen molar-refractivity contribution in [2.24, 2.45) is 0 Å². The maximum atomic E-state index is 12.8. The van der Waals surface area contributed by atoms with Crippen LogP contribution in [0.5, 0.6) is 11.5 Å². The molecule has 0 aromatic heterocycles. The predicted octanol–water partition coefficient (Wildman–Crippen LogP) is 6.95. The number of amides is 1. The van der Waals surface area contributed by atoms with Crippen molar-refractivity contribution in [2.75, 3.05) is 5.32 Å². The first kappa shape index (κ1) is 26.9. The van der Waals surface area contributed by atoms with Crippen molar-refractivity contribution in [2.45, 2.75) is 13.2 Å². The highest BCUT2D eigenvalue weighted by Gasteiger charge is 2.12. The Labute approximate surface area is 229 Å². The second-order valence-electron chi connectivity index (χ2n) is 8.31. The minimum atomic E-state index is -0.572. The summed E-state index contributed by atoms with van der Waals surface area (Å²) in [5, 5.41) is 23.9. The molecule has 194 valence electrons. The van der Waals surface area contributed by atoms with Crippen molar-refractivity contribution in [3.05, 3.63) is 134 Å². The van der Waals surface area contributed by atoms with E-state index < -0.39 is 10.8 Å². The van der Waals surface area contributed by atoms with E-state index in [9.17, 15) is 20.2 Å². The number of nitrogens with one attached hydrogen (secondary N) is 1. The van der Waals surface area contributed by atoms with Gasteiger partial charge in [-0.1, -0.05) is 41.9 Å². The van der Waals surface area contributed by atoms with Gasteiger partial charge in [-0.15, -0.1) is 0 Å². The van der Waals surface area contributed by atoms with E-state index in [1.807, 2.05) is 18.2 Å². The normalized spacial score (nSPS) is 10.8. The van der Waals surface area contributed by atoms with E-state index in [0.717, 1.165) is 11.1 Å². The molecule has 0 fully saturated rings. The van der Waals surface area contributed by atoms with Crippen molar-refractivity contribution in [3.63, 3.8) is 0 Å². The standard InChI is InChI=1S/C30H22ClN3O5/c31-25-9-5-21(6-10-25)19-38-28-15-11-26(12-16-28)33-30(35)24(18-32)17-23-3-1-2-4-29(23)39-20-22-7-13-27(14-8-22)34(36)37/h1-17H,19-20H2,(H,33,35)/b24-17+. The average Bonchev–Trinajstić information content (AvgIpc) is 2.96. The summed E-state index contributed by atoms with van der Waals surface area (Å²) < 4.78 is 11.6. The number of nitrogens with zero attached hydrogens (tertiary/aromatic N) is 2. The Bertz CT molecular complexity index is 1530. The van der Waals surface area contributed by atoms with E-state index in [0.29, 0.717) is 34.4 Å². The van der Waals surface area contributed by atoms with Crippen LogP contribution in [0, 0.1) is 21.4 Å². The smallest absolute Gasteiger partial charge is 0.269 e. The second kappa shape index (κ2) is 12.9. The predicted molar refractivity (Wildman–Crippen MR) is 148 cm³/mol. The van der Waals surface area contributed by atoms with Crippen molar-refractivity contribution < 1.29 is 19.2 Å². The number of hydrogen-bond acceptors (Lipinski definition) is 6. The van der Waals surface area contributed by atoms with E-state index >= 15 is 0 Å². The number of carbonyl (C=O) groups is 1. The first-order chi connectivity index (χ1) is 18.9. The Hall–Kier alpha value is -5.13. The van der Waals surface area contributed by atoms with Gasteiger partial charge in [0.2, 0.25) is 0 Å². The lowest BCUT2D eigenvalue weighted by Gasteiger charge is -2.10. The van der Waals surface area contributed by atoms with Gasteiger partial charge in [-0.05, 0) is 71.8 Å². The van der Waals surface area contributed by atoms with Gasteiger partial charge in [0.05, 0.1) is 4.92 Å². The molecule has 0 aliphatic heterocycles. The van der Waals surface area contributed by atoms with Gasteiger partial charge in [-0.3, -0.25) is 14.9 Å². The summed E-state index contributed by atoms with van der Waals surface area (Å²) in [4.78, 5) is 23.2. The van der Waals surface area contributed by atoms with Crippen molar-refractivity contribution in [3.8, 4) is 17.6 Å². The van der Waals surface area contributed by atoms with Crippen LogP contribution in [-0.2, 0) is 18.0 Å². The number of nitro groups is 1. The zero-order valence-corrected chi connectivity index (χ0v) is 21.3. The number of carbonyl (C=O) groups excluding carboxylic acids is 1. The summed E-state index contributed by atoms with van der Waals surface area (Å²) >= 11 is 5.90. The maximum Gasteiger partial charge on any atom is 0.269 e. The van der Waals surface area contributed by atoms with Gasteiger partial charge in [0.25, 0.3) is 11.6 Å². The lowest BCUT2D eigenvalue weighted by atomic mass is 10.1. The fraction of sp³-hybridized carbons (Fsp3) is 0.0667. The van der Waals surface area contributed by atoms with Gasteiger partial charge in [-0.25, -0.2) is 0 Å². The summed E-state index contributed by atoms with van der Waals surface area (Å²) in [5.74, 6) is 0.509. The first-order valence-electron chi connectivity index (χ1n) is 11.8. The van der Waals surface area contributed by atoms with Gasteiger partial charge < -0.3 is 14.8 Å². The van der Waals surface area contributed by atoms with Gasteiger partial charge >= 0.3 is 0 Å². The number of para-hydroxylation sites is 1. The summed E-state index contributed by atoms with van der Waals surface area (Å²) in [6.45, 7) is 0.527. The molecule has 4 rings (SSSR count). The van der Waals surface area contributed by atoms with Gasteiger partial charge in [0, 0.05) is 28.4 Å². The number of anilines is 1. The molecule has 0 aliphatic carbocycles.